The van der Waals surface area contributed by atoms with Gasteiger partial charge in [0.1, 0.15) is 5.82 Å². The number of hydrogen-bond acceptors (Lipinski definition) is 3. The Morgan fingerprint density at radius 1 is 1.04 bits per heavy atom. The zero-order valence-electron chi connectivity index (χ0n) is 15.6. The van der Waals surface area contributed by atoms with Gasteiger partial charge in [0.05, 0.1) is 11.1 Å². The van der Waals surface area contributed by atoms with E-state index in [1.807, 2.05) is 38.1 Å². The number of amides is 2. The van der Waals surface area contributed by atoms with Gasteiger partial charge in [-0.1, -0.05) is 12.1 Å². The van der Waals surface area contributed by atoms with Gasteiger partial charge in [-0.15, -0.1) is 0 Å². The summed E-state index contributed by atoms with van der Waals surface area (Å²) in [5.74, 6) is -1.05. The number of pyridine rings is 1. The van der Waals surface area contributed by atoms with E-state index in [2.05, 4.69) is 10.3 Å². The molecule has 2 aromatic carbocycles. The predicted octanol–water partition coefficient (Wildman–Crippen LogP) is 4.45. The summed E-state index contributed by atoms with van der Waals surface area (Å²) < 4.78 is 13.0. The van der Waals surface area contributed by atoms with Gasteiger partial charge in [0.15, 0.2) is 0 Å². The van der Waals surface area contributed by atoms with Gasteiger partial charge in [0.25, 0.3) is 11.8 Å². The molecule has 142 valence electrons. The molecular formula is C22H20FN3O2. The number of rotatable bonds is 5. The first-order valence-electron chi connectivity index (χ1n) is 8.88. The minimum atomic E-state index is -0.424. The number of carbonyl (C=O) groups excluding carboxylic acids is 2. The number of anilines is 2. The van der Waals surface area contributed by atoms with Crippen molar-refractivity contribution in [2.45, 2.75) is 13.8 Å². The maximum absolute atomic E-state index is 13.0. The Labute approximate surface area is 162 Å². The Morgan fingerprint density at radius 3 is 2.43 bits per heavy atom. The van der Waals surface area contributed by atoms with Gasteiger partial charge in [-0.05, 0) is 61.9 Å². The summed E-state index contributed by atoms with van der Waals surface area (Å²) in [5.41, 5.74) is 2.85. The minimum Gasteiger partial charge on any atom is -0.322 e. The third kappa shape index (κ3) is 4.40. The van der Waals surface area contributed by atoms with E-state index in [0.29, 0.717) is 17.8 Å². The van der Waals surface area contributed by atoms with Crippen LogP contribution in [-0.2, 0) is 0 Å². The summed E-state index contributed by atoms with van der Waals surface area (Å²) in [7, 11) is 0. The number of hydrogen-bond donors (Lipinski definition) is 1. The van der Waals surface area contributed by atoms with E-state index in [9.17, 15) is 14.0 Å². The Kier molecular flexibility index (Phi) is 5.79. The van der Waals surface area contributed by atoms with E-state index in [1.165, 1.54) is 42.7 Å². The highest BCUT2D eigenvalue weighted by molar-refractivity contribution is 6.09. The first-order chi connectivity index (χ1) is 13.5. The van der Waals surface area contributed by atoms with Crippen LogP contribution >= 0.6 is 0 Å². The lowest BCUT2D eigenvalue weighted by molar-refractivity contribution is 0.0988. The Bertz CT molecular complexity index is 1000. The van der Waals surface area contributed by atoms with Crippen LogP contribution in [0.25, 0.3) is 0 Å². The van der Waals surface area contributed by atoms with Gasteiger partial charge in [-0.25, -0.2) is 4.39 Å². The first-order valence-corrected chi connectivity index (χ1v) is 8.88. The van der Waals surface area contributed by atoms with E-state index >= 15 is 0 Å². The second kappa shape index (κ2) is 8.43. The van der Waals surface area contributed by atoms with E-state index in [-0.39, 0.29) is 17.3 Å². The standard InChI is InChI=1S/C22H20FN3O2/c1-3-26(20-6-4-5-15(2)11-20)22(28)17-12-16(13-24-14-17)21(27)25-19-9-7-18(23)8-10-19/h4-14H,3H2,1-2H3,(H,25,27). The summed E-state index contributed by atoms with van der Waals surface area (Å²) >= 11 is 0. The van der Waals surface area contributed by atoms with Crippen LogP contribution in [0.15, 0.2) is 67.0 Å². The third-order valence-corrected chi connectivity index (χ3v) is 4.22. The SMILES string of the molecule is CCN(C(=O)c1cncc(C(=O)Nc2ccc(F)cc2)c1)c1cccc(C)c1. The molecule has 2 amide bonds. The fourth-order valence-corrected chi connectivity index (χ4v) is 2.81. The monoisotopic (exact) mass is 377 g/mol. The second-order valence-corrected chi connectivity index (χ2v) is 6.31. The normalized spacial score (nSPS) is 10.4. The second-order valence-electron chi connectivity index (χ2n) is 6.31. The predicted molar refractivity (Wildman–Crippen MR) is 107 cm³/mol. The molecule has 5 nitrogen and oxygen atoms in total. The van der Waals surface area contributed by atoms with Crippen molar-refractivity contribution in [3.05, 3.63) is 89.5 Å². The highest BCUT2D eigenvalue weighted by Crippen LogP contribution is 2.19. The largest absolute Gasteiger partial charge is 0.322 e. The molecule has 0 aliphatic heterocycles. The maximum Gasteiger partial charge on any atom is 0.259 e. The van der Waals surface area contributed by atoms with Crippen LogP contribution in [0.1, 0.15) is 33.2 Å². The topological polar surface area (TPSA) is 62.3 Å². The van der Waals surface area contributed by atoms with Crippen LogP contribution in [0.5, 0.6) is 0 Å². The fourth-order valence-electron chi connectivity index (χ4n) is 2.81. The molecule has 0 unspecified atom stereocenters. The molecule has 0 saturated carbocycles. The molecular weight excluding hydrogens is 357 g/mol. The minimum absolute atomic E-state index is 0.239. The van der Waals surface area contributed by atoms with E-state index in [4.69, 9.17) is 0 Å². The number of aryl methyl sites for hydroxylation is 1. The van der Waals surface area contributed by atoms with E-state index < -0.39 is 5.91 Å². The molecule has 0 atom stereocenters. The molecule has 0 saturated heterocycles. The number of aromatic nitrogens is 1. The Morgan fingerprint density at radius 2 is 1.75 bits per heavy atom. The summed E-state index contributed by atoms with van der Waals surface area (Å²) in [6.07, 6.45) is 2.83. The third-order valence-electron chi connectivity index (χ3n) is 4.22. The Hall–Kier alpha value is -3.54. The molecule has 3 aromatic rings. The van der Waals surface area contributed by atoms with Crippen molar-refractivity contribution in [2.24, 2.45) is 0 Å². The number of benzene rings is 2. The van der Waals surface area contributed by atoms with Gasteiger partial charge >= 0.3 is 0 Å². The number of nitrogens with one attached hydrogen (secondary N) is 1. The zero-order valence-corrected chi connectivity index (χ0v) is 15.6. The Balaban J connectivity index is 1.82. The molecule has 0 spiro atoms. The summed E-state index contributed by atoms with van der Waals surface area (Å²) in [4.78, 5) is 31.1. The average molecular weight is 377 g/mol. The molecule has 28 heavy (non-hydrogen) atoms. The fraction of sp³-hybridized carbons (Fsp3) is 0.136. The average Bonchev–Trinajstić information content (AvgIpc) is 2.70. The van der Waals surface area contributed by atoms with E-state index in [0.717, 1.165) is 11.3 Å². The molecule has 0 aliphatic rings. The van der Waals surface area contributed by atoms with Gasteiger partial charge in [0, 0.05) is 30.3 Å². The van der Waals surface area contributed by atoms with Crippen LogP contribution in [-0.4, -0.2) is 23.3 Å². The maximum atomic E-state index is 13.0. The van der Waals surface area contributed by atoms with Gasteiger partial charge < -0.3 is 10.2 Å². The number of halogens is 1. The zero-order chi connectivity index (χ0) is 20.1. The molecule has 0 aliphatic carbocycles. The summed E-state index contributed by atoms with van der Waals surface area (Å²) in [6.45, 7) is 4.33. The summed E-state index contributed by atoms with van der Waals surface area (Å²) in [5, 5.41) is 2.66. The van der Waals surface area contributed by atoms with Crippen LogP contribution in [0.2, 0.25) is 0 Å². The van der Waals surface area contributed by atoms with Crippen LogP contribution < -0.4 is 10.2 Å². The molecule has 0 radical (unpaired) electrons. The van der Waals surface area contributed by atoms with Gasteiger partial charge in [-0.3, -0.25) is 14.6 Å². The van der Waals surface area contributed by atoms with Crippen molar-refractivity contribution in [3.8, 4) is 0 Å². The molecule has 0 bridgehead atoms. The quantitative estimate of drug-likeness (QED) is 0.715. The van der Waals surface area contributed by atoms with Crippen molar-refractivity contribution >= 4 is 23.2 Å². The van der Waals surface area contributed by atoms with Crippen LogP contribution in [0.3, 0.4) is 0 Å². The highest BCUT2D eigenvalue weighted by Gasteiger charge is 2.18. The van der Waals surface area contributed by atoms with Crippen molar-refractivity contribution < 1.29 is 14.0 Å². The number of carbonyl (C=O) groups is 2. The van der Waals surface area contributed by atoms with Crippen molar-refractivity contribution in [2.75, 3.05) is 16.8 Å². The number of nitrogens with zero attached hydrogens (tertiary/aromatic N) is 2. The molecule has 1 aromatic heterocycles. The first kappa shape index (κ1) is 19.2. The van der Waals surface area contributed by atoms with Crippen molar-refractivity contribution in [1.82, 2.24) is 4.98 Å². The van der Waals surface area contributed by atoms with Gasteiger partial charge in [-0.2, -0.15) is 0 Å². The highest BCUT2D eigenvalue weighted by atomic mass is 19.1. The van der Waals surface area contributed by atoms with Crippen LogP contribution in [0.4, 0.5) is 15.8 Å². The molecule has 0 fully saturated rings. The smallest absolute Gasteiger partial charge is 0.259 e. The van der Waals surface area contributed by atoms with Crippen molar-refractivity contribution in [1.29, 1.82) is 0 Å². The lowest BCUT2D eigenvalue weighted by atomic mass is 10.1. The van der Waals surface area contributed by atoms with Crippen LogP contribution in [0, 0.1) is 12.7 Å². The lowest BCUT2D eigenvalue weighted by Gasteiger charge is -2.21. The molecule has 1 heterocycles. The van der Waals surface area contributed by atoms with Gasteiger partial charge in [0.2, 0.25) is 0 Å². The molecule has 1 N–H and O–H groups in total. The lowest BCUT2D eigenvalue weighted by Crippen LogP contribution is -2.31. The van der Waals surface area contributed by atoms with E-state index in [1.54, 1.807) is 4.90 Å². The molecule has 6 heteroatoms. The summed E-state index contributed by atoms with van der Waals surface area (Å²) in [6, 6.07) is 14.6. The molecule has 3 rings (SSSR count). The van der Waals surface area contributed by atoms with Crippen molar-refractivity contribution in [3.63, 3.8) is 0 Å².